The second-order valence-electron chi connectivity index (χ2n) is 11.8. The number of alkyl halides is 3. The number of carbonyl (C=O) groups excluding carboxylic acids is 4. The van der Waals surface area contributed by atoms with Gasteiger partial charge in [0.1, 0.15) is 5.54 Å². The minimum absolute atomic E-state index is 0.0362. The minimum Gasteiger partial charge on any atom is -0.368 e. The van der Waals surface area contributed by atoms with Crippen LogP contribution in [0, 0.1) is 19.3 Å². The predicted octanol–water partition coefficient (Wildman–Crippen LogP) is 3.76. The van der Waals surface area contributed by atoms with Gasteiger partial charge in [0.25, 0.3) is 5.91 Å². The maximum absolute atomic E-state index is 13.4. The van der Waals surface area contributed by atoms with Gasteiger partial charge in [0, 0.05) is 19.1 Å². The van der Waals surface area contributed by atoms with Crippen LogP contribution in [0.1, 0.15) is 67.2 Å². The van der Waals surface area contributed by atoms with E-state index in [2.05, 4.69) is 26.6 Å². The molecule has 2 aromatic carbocycles. The molecule has 2 rings (SSSR count). The number of benzene rings is 2. The largest absolute Gasteiger partial charge is 0.416 e. The molecule has 0 bridgehead atoms. The Labute approximate surface area is 249 Å². The number of urea groups is 1. The molecule has 43 heavy (non-hydrogen) atoms. The van der Waals surface area contributed by atoms with Crippen molar-refractivity contribution in [1.82, 2.24) is 21.3 Å². The van der Waals surface area contributed by atoms with Crippen LogP contribution in [0.15, 0.2) is 36.4 Å². The Morgan fingerprint density at radius 2 is 1.60 bits per heavy atom. The van der Waals surface area contributed by atoms with Crippen molar-refractivity contribution in [1.29, 1.82) is 0 Å². The van der Waals surface area contributed by atoms with Gasteiger partial charge in [-0.2, -0.15) is 13.2 Å². The minimum atomic E-state index is -4.76. The van der Waals surface area contributed by atoms with Gasteiger partial charge in [0.2, 0.25) is 11.8 Å². The molecule has 0 aliphatic heterocycles. The molecule has 2 aromatic rings. The smallest absolute Gasteiger partial charge is 0.368 e. The normalized spacial score (nSPS) is 13.2. The summed E-state index contributed by atoms with van der Waals surface area (Å²) in [7, 11) is 0. The van der Waals surface area contributed by atoms with E-state index in [9.17, 15) is 32.3 Å². The Hall–Kier alpha value is -4.13. The molecule has 0 saturated carbocycles. The number of aryl methyl sites for hydroxylation is 2. The first-order chi connectivity index (χ1) is 19.8. The molecule has 0 saturated heterocycles. The number of primary amides is 1. The summed E-state index contributed by atoms with van der Waals surface area (Å²) in [4.78, 5) is 51.0. The van der Waals surface area contributed by atoms with Crippen molar-refractivity contribution in [3.05, 3.63) is 64.2 Å². The Balaban J connectivity index is 2.24. The average Bonchev–Trinajstić information content (AvgIpc) is 2.86. The lowest BCUT2D eigenvalue weighted by atomic mass is 9.72. The predicted molar refractivity (Wildman–Crippen MR) is 158 cm³/mol. The van der Waals surface area contributed by atoms with Crippen LogP contribution in [-0.4, -0.2) is 48.4 Å². The number of halogens is 3. The zero-order valence-electron chi connectivity index (χ0n) is 25.5. The first-order valence-electron chi connectivity index (χ1n) is 13.7. The van der Waals surface area contributed by atoms with Crippen LogP contribution in [0.2, 0.25) is 0 Å². The van der Waals surface area contributed by atoms with Gasteiger partial charge in [-0.25, -0.2) is 4.79 Å². The lowest BCUT2D eigenvalue weighted by molar-refractivity contribution is -0.137. The molecule has 1 atom stereocenters. The third-order valence-electron chi connectivity index (χ3n) is 6.93. The average molecular weight is 607 g/mol. The fourth-order valence-corrected chi connectivity index (χ4v) is 4.42. The van der Waals surface area contributed by atoms with Crippen LogP contribution in [0.3, 0.4) is 0 Å². The van der Waals surface area contributed by atoms with Gasteiger partial charge in [0.15, 0.2) is 0 Å². The summed E-state index contributed by atoms with van der Waals surface area (Å²) >= 11 is 0. The number of anilines is 1. The number of nitrogens with two attached hydrogens (primary N) is 1. The standard InChI is InChI=1S/C30H41F3N6O4/c1-17(2)37-27(43)38-23-11-10-21(30(31,32)33)13-22(23)25(41)36-15-24(40)39-29(26(34)42,28(5,6)7)16-35-14-20-9-8-18(3)12-19(20)4/h8-13,17,35H,14-16H2,1-7H3,(H2,34,42)(H,36,41)(H,39,40)(H2,37,38,43). The molecule has 0 spiro atoms. The van der Waals surface area contributed by atoms with Crippen molar-refractivity contribution >= 4 is 29.4 Å². The third-order valence-corrected chi connectivity index (χ3v) is 6.93. The summed E-state index contributed by atoms with van der Waals surface area (Å²) < 4.78 is 40.2. The molecule has 0 aromatic heterocycles. The fraction of sp³-hybridized carbons (Fsp3) is 0.467. The SMILES string of the molecule is Cc1ccc(CNCC(NC(=O)CNC(=O)c2cc(C(F)(F)F)ccc2NC(=O)NC(C)C)(C(N)=O)C(C)(C)C)c(C)c1. The quantitative estimate of drug-likeness (QED) is 0.230. The highest BCUT2D eigenvalue weighted by Crippen LogP contribution is 2.32. The summed E-state index contributed by atoms with van der Waals surface area (Å²) in [5.74, 6) is -2.66. The van der Waals surface area contributed by atoms with Crippen molar-refractivity contribution in [2.24, 2.45) is 11.1 Å². The topological polar surface area (TPSA) is 154 Å². The summed E-state index contributed by atoms with van der Waals surface area (Å²) in [6.07, 6.45) is -4.76. The maximum Gasteiger partial charge on any atom is 0.416 e. The zero-order chi connectivity index (χ0) is 32.8. The first kappa shape index (κ1) is 35.1. The molecule has 0 fully saturated rings. The molecule has 7 N–H and O–H groups in total. The highest BCUT2D eigenvalue weighted by Gasteiger charge is 2.48. The van der Waals surface area contributed by atoms with E-state index >= 15 is 0 Å². The van der Waals surface area contributed by atoms with E-state index in [-0.39, 0.29) is 18.3 Å². The second kappa shape index (κ2) is 13.9. The van der Waals surface area contributed by atoms with E-state index < -0.39 is 58.6 Å². The number of nitrogens with one attached hydrogen (secondary N) is 5. The Morgan fingerprint density at radius 1 is 0.953 bits per heavy atom. The van der Waals surface area contributed by atoms with Gasteiger partial charge in [-0.1, -0.05) is 44.5 Å². The van der Waals surface area contributed by atoms with Crippen LogP contribution in [0.5, 0.6) is 0 Å². The summed E-state index contributed by atoms with van der Waals surface area (Å²) in [5, 5.41) is 13.0. The fourth-order valence-electron chi connectivity index (χ4n) is 4.42. The van der Waals surface area contributed by atoms with Gasteiger partial charge in [-0.05, 0) is 62.4 Å². The van der Waals surface area contributed by atoms with E-state index in [0.717, 1.165) is 28.8 Å². The molecule has 0 aliphatic rings. The van der Waals surface area contributed by atoms with Gasteiger partial charge in [-0.15, -0.1) is 0 Å². The van der Waals surface area contributed by atoms with Gasteiger partial charge in [0.05, 0.1) is 23.4 Å². The third kappa shape index (κ3) is 9.43. The molecular weight excluding hydrogens is 565 g/mol. The Bertz CT molecular complexity index is 1350. The molecule has 5 amide bonds. The molecular formula is C30H41F3N6O4. The molecule has 236 valence electrons. The van der Waals surface area contributed by atoms with Crippen molar-refractivity contribution in [2.45, 2.75) is 72.8 Å². The van der Waals surface area contributed by atoms with Crippen molar-refractivity contribution in [2.75, 3.05) is 18.4 Å². The van der Waals surface area contributed by atoms with Gasteiger partial charge < -0.3 is 32.3 Å². The maximum atomic E-state index is 13.4. The van der Waals surface area contributed by atoms with Gasteiger partial charge in [-0.3, -0.25) is 14.4 Å². The molecule has 0 radical (unpaired) electrons. The first-order valence-corrected chi connectivity index (χ1v) is 13.7. The summed E-state index contributed by atoms with van der Waals surface area (Å²) in [6.45, 7) is 12.1. The van der Waals surface area contributed by atoms with Crippen LogP contribution in [0.4, 0.5) is 23.7 Å². The van der Waals surface area contributed by atoms with E-state index in [4.69, 9.17) is 5.73 Å². The van der Waals surface area contributed by atoms with Crippen LogP contribution < -0.4 is 32.3 Å². The van der Waals surface area contributed by atoms with Crippen LogP contribution in [-0.2, 0) is 22.3 Å². The molecule has 1 unspecified atom stereocenters. The second-order valence-corrected chi connectivity index (χ2v) is 11.8. The lowest BCUT2D eigenvalue weighted by Gasteiger charge is -2.43. The number of hydrogen-bond donors (Lipinski definition) is 6. The number of rotatable bonds is 11. The molecule has 10 nitrogen and oxygen atoms in total. The van der Waals surface area contributed by atoms with E-state index in [1.807, 2.05) is 32.0 Å². The molecule has 0 heterocycles. The number of carbonyl (C=O) groups is 4. The number of amides is 5. The number of hydrogen-bond acceptors (Lipinski definition) is 5. The van der Waals surface area contributed by atoms with Crippen LogP contribution >= 0.6 is 0 Å². The van der Waals surface area contributed by atoms with Crippen molar-refractivity contribution in [3.8, 4) is 0 Å². The lowest BCUT2D eigenvalue weighted by Crippen LogP contribution is -2.69. The molecule has 13 heteroatoms. The summed E-state index contributed by atoms with van der Waals surface area (Å²) in [6, 6.07) is 7.19. The highest BCUT2D eigenvalue weighted by atomic mass is 19.4. The summed E-state index contributed by atoms with van der Waals surface area (Å²) in [5.41, 5.74) is 4.65. The molecule has 0 aliphatic carbocycles. The van der Waals surface area contributed by atoms with E-state index in [0.29, 0.717) is 12.6 Å². The monoisotopic (exact) mass is 606 g/mol. The van der Waals surface area contributed by atoms with E-state index in [1.165, 1.54) is 0 Å². The zero-order valence-corrected chi connectivity index (χ0v) is 25.5. The van der Waals surface area contributed by atoms with Gasteiger partial charge >= 0.3 is 12.2 Å². The Kier molecular flexibility index (Phi) is 11.3. The van der Waals surface area contributed by atoms with E-state index in [1.54, 1.807) is 34.6 Å². The highest BCUT2D eigenvalue weighted by molar-refractivity contribution is 6.05. The van der Waals surface area contributed by atoms with Crippen LogP contribution in [0.25, 0.3) is 0 Å². The van der Waals surface area contributed by atoms with Crippen molar-refractivity contribution in [3.63, 3.8) is 0 Å². The Morgan fingerprint density at radius 3 is 2.14 bits per heavy atom. The van der Waals surface area contributed by atoms with Crippen molar-refractivity contribution < 1.29 is 32.3 Å².